The molecule has 0 bridgehead atoms. The van der Waals surface area contributed by atoms with Crippen molar-refractivity contribution in [2.75, 3.05) is 0 Å². The van der Waals surface area contributed by atoms with Crippen LogP contribution in [0, 0.1) is 0 Å². The highest BCUT2D eigenvalue weighted by Gasteiger charge is 2.44. The van der Waals surface area contributed by atoms with Crippen LogP contribution in [-0.4, -0.2) is 21.6 Å². The van der Waals surface area contributed by atoms with Gasteiger partial charge in [0.1, 0.15) is 0 Å². The van der Waals surface area contributed by atoms with E-state index in [9.17, 15) is 9.59 Å². The average Bonchev–Trinajstić information content (AvgIpc) is 3.05. The maximum atomic E-state index is 13.3. The number of halogens is 1. The van der Waals surface area contributed by atoms with Crippen molar-refractivity contribution >= 4 is 24.1 Å². The fraction of sp³-hybridized carbons (Fsp3) is 0.136. The van der Waals surface area contributed by atoms with Gasteiger partial charge in [0.05, 0.1) is 11.6 Å². The largest absolute Gasteiger partial charge is 0.323 e. The van der Waals surface area contributed by atoms with E-state index in [4.69, 9.17) is 0 Å². The number of aromatic nitrogens is 1. The molecule has 1 atom stereocenters. The molecule has 4 nitrogen and oxygen atoms in total. The fourth-order valence-electron chi connectivity index (χ4n) is 4.20. The Bertz CT molecular complexity index is 1040. The van der Waals surface area contributed by atoms with Gasteiger partial charge in [-0.3, -0.25) is 14.6 Å². The topological polar surface area (TPSA) is 50.3 Å². The molecule has 1 aromatic heterocycles. The summed E-state index contributed by atoms with van der Waals surface area (Å²) in [4.78, 5) is 31.9. The molecule has 0 N–H and O–H groups in total. The minimum absolute atomic E-state index is 0. The third-order valence-corrected chi connectivity index (χ3v) is 5.29. The lowest BCUT2D eigenvalue weighted by Crippen LogP contribution is -2.41. The maximum absolute atomic E-state index is 13.3. The number of nitrogens with zero attached hydrogens (tertiary/aromatic N) is 2. The van der Waals surface area contributed by atoms with Crippen LogP contribution in [0.3, 0.4) is 0 Å². The second-order valence-corrected chi connectivity index (χ2v) is 6.78. The number of amides is 1. The van der Waals surface area contributed by atoms with E-state index in [-0.39, 0.29) is 30.1 Å². The Kier molecular flexibility index (Phi) is 4.28. The molecule has 0 fully saturated rings. The van der Waals surface area contributed by atoms with E-state index in [1.54, 1.807) is 30.6 Å². The molecular weight excluding hydrogens is 360 g/mol. The molecule has 5 heteroatoms. The number of rotatable bonds is 2. The van der Waals surface area contributed by atoms with Crippen LogP contribution < -0.4 is 0 Å². The van der Waals surface area contributed by atoms with Crippen LogP contribution in [-0.2, 0) is 22.6 Å². The average molecular weight is 377 g/mol. The minimum atomic E-state index is -0.179. The lowest BCUT2D eigenvalue weighted by atomic mass is 9.84. The van der Waals surface area contributed by atoms with Crippen molar-refractivity contribution in [2.45, 2.75) is 19.0 Å². The van der Waals surface area contributed by atoms with E-state index >= 15 is 0 Å². The summed E-state index contributed by atoms with van der Waals surface area (Å²) >= 11 is 0. The third kappa shape index (κ3) is 2.64. The second kappa shape index (κ2) is 6.63. The Morgan fingerprint density at radius 3 is 2.78 bits per heavy atom. The first kappa shape index (κ1) is 17.4. The van der Waals surface area contributed by atoms with E-state index in [2.05, 4.69) is 17.1 Å². The first-order valence-corrected chi connectivity index (χ1v) is 8.68. The number of fused-ring (bicyclic) bond motifs is 4. The molecule has 134 valence electrons. The van der Waals surface area contributed by atoms with E-state index < -0.39 is 0 Å². The standard InChI is InChI=1S/C22H16N2O2.ClH/c25-19-9-3-8-17-20(19)18-11-15-6-1-2-7-16(15)21(18)24(22(17)26)13-14-5-4-10-23-12-14;/h1-10,12,21H,11,13H2;1H. The van der Waals surface area contributed by atoms with E-state index in [1.165, 1.54) is 5.56 Å². The van der Waals surface area contributed by atoms with Gasteiger partial charge in [-0.15, -0.1) is 12.4 Å². The van der Waals surface area contributed by atoms with Gasteiger partial charge in [0, 0.05) is 24.5 Å². The highest BCUT2D eigenvalue weighted by molar-refractivity contribution is 6.19. The minimum Gasteiger partial charge on any atom is -0.323 e. The van der Waals surface area contributed by atoms with Gasteiger partial charge < -0.3 is 4.90 Å². The van der Waals surface area contributed by atoms with Gasteiger partial charge in [0.15, 0.2) is 5.78 Å². The molecule has 2 aromatic rings. The van der Waals surface area contributed by atoms with Crippen LogP contribution in [0.2, 0.25) is 0 Å². The lowest BCUT2D eigenvalue weighted by Gasteiger charge is -2.37. The molecular formula is C22H17ClN2O2. The molecule has 1 aromatic carbocycles. The monoisotopic (exact) mass is 376 g/mol. The molecule has 1 aliphatic heterocycles. The number of hydrogen-bond acceptors (Lipinski definition) is 3. The summed E-state index contributed by atoms with van der Waals surface area (Å²) in [7, 11) is 0. The first-order chi connectivity index (χ1) is 12.7. The number of benzene rings is 1. The summed E-state index contributed by atoms with van der Waals surface area (Å²) < 4.78 is 0. The van der Waals surface area contributed by atoms with Crippen LogP contribution >= 0.6 is 12.4 Å². The fourth-order valence-corrected chi connectivity index (χ4v) is 4.20. The molecule has 27 heavy (non-hydrogen) atoms. The van der Waals surface area contributed by atoms with Crippen molar-refractivity contribution in [3.8, 4) is 0 Å². The molecule has 0 saturated carbocycles. The van der Waals surface area contributed by atoms with Gasteiger partial charge >= 0.3 is 0 Å². The molecule has 3 aliphatic rings. The molecule has 5 rings (SSSR count). The van der Waals surface area contributed by atoms with Gasteiger partial charge in [0.2, 0.25) is 0 Å². The number of carbonyl (C=O) groups is 2. The van der Waals surface area contributed by atoms with E-state index in [0.717, 1.165) is 16.7 Å². The van der Waals surface area contributed by atoms with Crippen molar-refractivity contribution in [1.29, 1.82) is 0 Å². The summed E-state index contributed by atoms with van der Waals surface area (Å²) in [6, 6.07) is 11.8. The maximum Gasteiger partial charge on any atom is 0.255 e. The van der Waals surface area contributed by atoms with Crippen molar-refractivity contribution in [3.05, 3.63) is 100 Å². The predicted octanol–water partition coefficient (Wildman–Crippen LogP) is 3.50. The molecule has 0 saturated heterocycles. The Hall–Kier alpha value is -2.98. The van der Waals surface area contributed by atoms with E-state index in [0.29, 0.717) is 24.1 Å². The smallest absolute Gasteiger partial charge is 0.255 e. The van der Waals surface area contributed by atoms with Crippen molar-refractivity contribution < 1.29 is 9.59 Å². The quantitative estimate of drug-likeness (QED) is 0.806. The van der Waals surface area contributed by atoms with Crippen LogP contribution in [0.25, 0.3) is 0 Å². The van der Waals surface area contributed by atoms with Crippen LogP contribution in [0.15, 0.2) is 83.7 Å². The SMILES string of the molecule is Cl.O=C1C=CC=C2C(=O)N(Cc3cccnc3)C3C(=C12)Cc1ccccc13. The summed E-state index contributed by atoms with van der Waals surface area (Å²) in [5, 5.41) is 0. The van der Waals surface area contributed by atoms with Crippen molar-refractivity contribution in [3.63, 3.8) is 0 Å². The molecule has 0 spiro atoms. The first-order valence-electron chi connectivity index (χ1n) is 8.68. The molecule has 2 aliphatic carbocycles. The number of hydrogen-bond donors (Lipinski definition) is 0. The zero-order chi connectivity index (χ0) is 17.7. The predicted molar refractivity (Wildman–Crippen MR) is 104 cm³/mol. The Balaban J connectivity index is 0.00000180. The lowest BCUT2D eigenvalue weighted by molar-refractivity contribution is -0.130. The molecule has 1 unspecified atom stereocenters. The molecule has 1 amide bonds. The Morgan fingerprint density at radius 1 is 1.11 bits per heavy atom. The zero-order valence-electron chi connectivity index (χ0n) is 14.5. The molecule has 0 radical (unpaired) electrons. The van der Waals surface area contributed by atoms with Crippen LogP contribution in [0.4, 0.5) is 0 Å². The number of pyridine rings is 1. The van der Waals surface area contributed by atoms with Crippen molar-refractivity contribution in [2.24, 2.45) is 0 Å². The number of ketones is 1. The van der Waals surface area contributed by atoms with Crippen molar-refractivity contribution in [1.82, 2.24) is 9.88 Å². The zero-order valence-corrected chi connectivity index (χ0v) is 15.3. The summed E-state index contributed by atoms with van der Waals surface area (Å²) in [6.07, 6.45) is 9.21. The number of allylic oxidation sites excluding steroid dienone is 3. The Morgan fingerprint density at radius 2 is 1.96 bits per heavy atom. The second-order valence-electron chi connectivity index (χ2n) is 6.78. The Labute approximate surface area is 163 Å². The highest BCUT2D eigenvalue weighted by atomic mass is 35.5. The molecule has 2 heterocycles. The number of carbonyl (C=O) groups excluding carboxylic acids is 2. The third-order valence-electron chi connectivity index (χ3n) is 5.29. The summed E-state index contributed by atoms with van der Waals surface area (Å²) in [5.74, 6) is -0.156. The van der Waals surface area contributed by atoms with Gasteiger partial charge in [-0.1, -0.05) is 36.4 Å². The normalized spacial score (nSPS) is 19.9. The van der Waals surface area contributed by atoms with Gasteiger partial charge in [-0.05, 0) is 46.9 Å². The summed E-state index contributed by atoms with van der Waals surface area (Å²) in [6.45, 7) is 0.470. The van der Waals surface area contributed by atoms with E-state index in [1.807, 2.05) is 29.2 Å². The van der Waals surface area contributed by atoms with Gasteiger partial charge in [-0.25, -0.2) is 0 Å². The summed E-state index contributed by atoms with van der Waals surface area (Å²) in [5.41, 5.74) is 5.43. The highest BCUT2D eigenvalue weighted by Crippen LogP contribution is 2.47. The van der Waals surface area contributed by atoms with Gasteiger partial charge in [0.25, 0.3) is 5.91 Å². The van der Waals surface area contributed by atoms with Crippen LogP contribution in [0.1, 0.15) is 22.7 Å². The van der Waals surface area contributed by atoms with Gasteiger partial charge in [-0.2, -0.15) is 0 Å². The van der Waals surface area contributed by atoms with Crippen LogP contribution in [0.5, 0.6) is 0 Å².